The van der Waals surface area contributed by atoms with Crippen LogP contribution >= 0.6 is 0 Å². The number of aliphatic carboxylic acids is 1. The summed E-state index contributed by atoms with van der Waals surface area (Å²) in [5, 5.41) is 11.1. The molecule has 0 spiro atoms. The molecule has 1 unspecified atom stereocenters. The van der Waals surface area contributed by atoms with Gasteiger partial charge in [0.2, 0.25) is 0 Å². The maximum absolute atomic E-state index is 12.4. The third-order valence-corrected chi connectivity index (χ3v) is 4.10. The van der Waals surface area contributed by atoms with Crippen LogP contribution in [0.3, 0.4) is 0 Å². The highest BCUT2D eigenvalue weighted by molar-refractivity contribution is 5.89. The van der Waals surface area contributed by atoms with Crippen LogP contribution in [0.1, 0.15) is 19.8 Å². The number of carboxylic acids is 1. The van der Waals surface area contributed by atoms with Gasteiger partial charge in [0.05, 0.1) is 0 Å². The zero-order valence-electron chi connectivity index (χ0n) is 12.9. The third-order valence-electron chi connectivity index (χ3n) is 4.10. The van der Waals surface area contributed by atoms with Crippen LogP contribution in [-0.4, -0.2) is 40.6 Å². The van der Waals surface area contributed by atoms with Gasteiger partial charge in [-0.25, -0.2) is 4.79 Å². The monoisotopic (exact) mass is 313 g/mol. The molecule has 1 fully saturated rings. The van der Waals surface area contributed by atoms with E-state index in [9.17, 15) is 9.59 Å². The predicted molar refractivity (Wildman–Crippen MR) is 86.4 cm³/mol. The smallest absolute Gasteiger partial charge is 0.326 e. The molecule has 1 amide bonds. The van der Waals surface area contributed by atoms with Crippen molar-refractivity contribution in [2.75, 3.05) is 6.61 Å². The number of nitrogens with zero attached hydrogens (tertiary/aromatic N) is 1. The Balaban J connectivity index is 1.73. The summed E-state index contributed by atoms with van der Waals surface area (Å²) in [5.74, 6) is -0.638. The summed E-state index contributed by atoms with van der Waals surface area (Å²) in [6.07, 6.45) is 1.72. The number of hydrogen-bond donors (Lipinski definition) is 1. The maximum Gasteiger partial charge on any atom is 0.326 e. The second-order valence-corrected chi connectivity index (χ2v) is 5.81. The van der Waals surface area contributed by atoms with Gasteiger partial charge in [-0.1, -0.05) is 36.4 Å². The van der Waals surface area contributed by atoms with E-state index in [0.29, 0.717) is 5.75 Å². The van der Waals surface area contributed by atoms with E-state index in [2.05, 4.69) is 0 Å². The Labute approximate surface area is 134 Å². The average molecular weight is 313 g/mol. The Hall–Kier alpha value is -2.56. The first-order valence-corrected chi connectivity index (χ1v) is 7.72. The predicted octanol–water partition coefficient (Wildman–Crippen LogP) is 2.68. The van der Waals surface area contributed by atoms with E-state index < -0.39 is 12.0 Å². The molecule has 3 rings (SSSR count). The molecule has 2 aromatic rings. The van der Waals surface area contributed by atoms with Crippen LogP contribution in [0.2, 0.25) is 0 Å². The molecule has 0 bridgehead atoms. The zero-order valence-corrected chi connectivity index (χ0v) is 12.9. The molecule has 1 atom stereocenters. The molecular weight excluding hydrogens is 294 g/mol. The fourth-order valence-corrected chi connectivity index (χ4v) is 2.74. The molecule has 5 nitrogen and oxygen atoms in total. The highest BCUT2D eigenvalue weighted by atomic mass is 16.5. The van der Waals surface area contributed by atoms with Crippen LogP contribution in [0.4, 0.5) is 0 Å². The first-order chi connectivity index (χ1) is 11.1. The average Bonchev–Trinajstić information content (AvgIpc) is 3.37. The van der Waals surface area contributed by atoms with Crippen molar-refractivity contribution in [3.05, 3.63) is 42.5 Å². The lowest BCUT2D eigenvalue weighted by molar-refractivity contribution is -0.150. The number of fused-ring (bicyclic) bond motifs is 1. The van der Waals surface area contributed by atoms with Crippen molar-refractivity contribution >= 4 is 22.6 Å². The number of amides is 1. The zero-order chi connectivity index (χ0) is 16.4. The summed E-state index contributed by atoms with van der Waals surface area (Å²) in [7, 11) is 0. The second-order valence-electron chi connectivity index (χ2n) is 5.81. The van der Waals surface area contributed by atoms with Gasteiger partial charge in [-0.15, -0.1) is 0 Å². The molecule has 2 aromatic carbocycles. The molecule has 0 heterocycles. The Morgan fingerprint density at radius 1 is 1.22 bits per heavy atom. The van der Waals surface area contributed by atoms with E-state index in [0.717, 1.165) is 23.6 Å². The van der Waals surface area contributed by atoms with Crippen LogP contribution in [-0.2, 0) is 9.59 Å². The van der Waals surface area contributed by atoms with Crippen molar-refractivity contribution in [2.45, 2.75) is 31.8 Å². The molecule has 1 N–H and O–H groups in total. The molecule has 1 aliphatic rings. The van der Waals surface area contributed by atoms with Crippen molar-refractivity contribution < 1.29 is 19.4 Å². The number of hydrogen-bond acceptors (Lipinski definition) is 3. The van der Waals surface area contributed by atoms with Gasteiger partial charge >= 0.3 is 5.97 Å². The molecule has 1 aliphatic carbocycles. The van der Waals surface area contributed by atoms with Crippen LogP contribution in [0, 0.1) is 0 Å². The molecule has 0 radical (unpaired) electrons. The van der Waals surface area contributed by atoms with Gasteiger partial charge in [0.15, 0.2) is 6.61 Å². The quantitative estimate of drug-likeness (QED) is 0.890. The van der Waals surface area contributed by atoms with E-state index >= 15 is 0 Å². The summed E-state index contributed by atoms with van der Waals surface area (Å²) in [5.41, 5.74) is 0. The Morgan fingerprint density at radius 2 is 1.91 bits per heavy atom. The fraction of sp³-hybridized carbons (Fsp3) is 0.333. The van der Waals surface area contributed by atoms with Crippen molar-refractivity contribution in [1.29, 1.82) is 0 Å². The SMILES string of the molecule is CC(C(=O)O)N(C(=O)COc1cccc2ccccc12)C1CC1. The van der Waals surface area contributed by atoms with E-state index in [4.69, 9.17) is 9.84 Å². The molecule has 120 valence electrons. The van der Waals surface area contributed by atoms with E-state index in [-0.39, 0.29) is 18.6 Å². The highest BCUT2D eigenvalue weighted by Crippen LogP contribution is 2.29. The topological polar surface area (TPSA) is 66.8 Å². The number of ether oxygens (including phenoxy) is 1. The molecule has 0 aromatic heterocycles. The van der Waals surface area contributed by atoms with Gasteiger partial charge in [0, 0.05) is 11.4 Å². The maximum atomic E-state index is 12.4. The van der Waals surface area contributed by atoms with E-state index in [1.54, 1.807) is 0 Å². The standard InChI is InChI=1S/C18H19NO4/c1-12(18(21)22)19(14-9-10-14)17(20)11-23-16-8-4-6-13-5-2-3-7-15(13)16/h2-8,12,14H,9-11H2,1H3,(H,21,22). The first-order valence-electron chi connectivity index (χ1n) is 7.72. The molecular formula is C18H19NO4. The van der Waals surface area contributed by atoms with Crippen molar-refractivity contribution in [3.63, 3.8) is 0 Å². The van der Waals surface area contributed by atoms with Crippen molar-refractivity contribution in [3.8, 4) is 5.75 Å². The van der Waals surface area contributed by atoms with Crippen molar-refractivity contribution in [1.82, 2.24) is 4.90 Å². The summed E-state index contributed by atoms with van der Waals surface area (Å²) in [6.45, 7) is 1.39. The van der Waals surface area contributed by atoms with Gasteiger partial charge in [0.1, 0.15) is 11.8 Å². The highest BCUT2D eigenvalue weighted by Gasteiger charge is 2.38. The number of carbonyl (C=O) groups excluding carboxylic acids is 1. The lowest BCUT2D eigenvalue weighted by Gasteiger charge is -2.26. The summed E-state index contributed by atoms with van der Waals surface area (Å²) >= 11 is 0. The Kier molecular flexibility index (Phi) is 4.19. The number of benzene rings is 2. The minimum atomic E-state index is -0.990. The lowest BCUT2D eigenvalue weighted by atomic mass is 10.1. The largest absolute Gasteiger partial charge is 0.483 e. The molecule has 1 saturated carbocycles. The van der Waals surface area contributed by atoms with Gasteiger partial charge in [-0.05, 0) is 31.2 Å². The van der Waals surface area contributed by atoms with Gasteiger partial charge in [0.25, 0.3) is 5.91 Å². The fourth-order valence-electron chi connectivity index (χ4n) is 2.74. The number of rotatable bonds is 6. The van der Waals surface area contributed by atoms with Crippen LogP contribution in [0.5, 0.6) is 5.75 Å². The molecule has 0 aliphatic heterocycles. The summed E-state index contributed by atoms with van der Waals surface area (Å²) < 4.78 is 5.69. The van der Waals surface area contributed by atoms with Crippen LogP contribution < -0.4 is 4.74 Å². The van der Waals surface area contributed by atoms with E-state index in [1.807, 2.05) is 42.5 Å². The van der Waals surface area contributed by atoms with Crippen LogP contribution in [0.25, 0.3) is 10.8 Å². The Morgan fingerprint density at radius 3 is 2.61 bits per heavy atom. The van der Waals surface area contributed by atoms with Crippen LogP contribution in [0.15, 0.2) is 42.5 Å². The minimum absolute atomic E-state index is 0.0321. The molecule has 23 heavy (non-hydrogen) atoms. The first kappa shape index (κ1) is 15.3. The van der Waals surface area contributed by atoms with Gasteiger partial charge in [-0.3, -0.25) is 4.79 Å². The molecule has 0 saturated heterocycles. The second kappa shape index (κ2) is 6.28. The Bertz CT molecular complexity index is 733. The number of carboxylic acid groups (broad SMARTS) is 1. The van der Waals surface area contributed by atoms with E-state index in [1.165, 1.54) is 11.8 Å². The minimum Gasteiger partial charge on any atom is -0.483 e. The summed E-state index contributed by atoms with van der Waals surface area (Å²) in [6, 6.07) is 12.7. The lowest BCUT2D eigenvalue weighted by Crippen LogP contribution is -2.46. The number of carbonyl (C=O) groups is 2. The normalized spacial score (nSPS) is 15.2. The van der Waals surface area contributed by atoms with Gasteiger partial charge < -0.3 is 14.7 Å². The molecule has 5 heteroatoms. The van der Waals surface area contributed by atoms with Crippen molar-refractivity contribution in [2.24, 2.45) is 0 Å². The third kappa shape index (κ3) is 3.28. The van der Waals surface area contributed by atoms with Gasteiger partial charge in [-0.2, -0.15) is 0 Å². The summed E-state index contributed by atoms with van der Waals surface area (Å²) in [4.78, 5) is 25.0.